The van der Waals surface area contributed by atoms with E-state index in [1.807, 2.05) is 0 Å². The molecule has 0 unspecified atom stereocenters. The van der Waals surface area contributed by atoms with E-state index in [2.05, 4.69) is 18.7 Å². The highest BCUT2D eigenvalue weighted by atomic mass is 19.1. The van der Waals surface area contributed by atoms with Crippen LogP contribution in [0.5, 0.6) is 0 Å². The molecule has 3 nitrogen and oxygen atoms in total. The Morgan fingerprint density at radius 3 is 2.68 bits per heavy atom. The van der Waals surface area contributed by atoms with Crippen LogP contribution in [0.3, 0.4) is 0 Å². The second-order valence-corrected chi connectivity index (χ2v) is 5.56. The molecule has 0 aliphatic carbocycles. The molecule has 2 rings (SSSR count). The van der Waals surface area contributed by atoms with Gasteiger partial charge in [-0.05, 0) is 38.1 Å². The molecule has 0 aromatic heterocycles. The molecular formula is C15H20FNO2. The summed E-state index contributed by atoms with van der Waals surface area (Å²) in [6, 6.07) is 5.73. The summed E-state index contributed by atoms with van der Waals surface area (Å²) in [6.07, 6.45) is 0.460. The topological polar surface area (TPSA) is 29.5 Å². The Morgan fingerprint density at radius 2 is 2.05 bits per heavy atom. The van der Waals surface area contributed by atoms with E-state index in [1.165, 1.54) is 12.1 Å². The maximum absolute atomic E-state index is 12.8. The Bertz CT molecular complexity index is 442. The minimum absolute atomic E-state index is 0.0595. The number of Topliss-reactive ketones (excluding diaryl/α,β-unsaturated/α-hetero) is 1. The number of carbonyl (C=O) groups excluding carboxylic acids is 1. The van der Waals surface area contributed by atoms with E-state index in [1.54, 1.807) is 12.1 Å². The summed E-state index contributed by atoms with van der Waals surface area (Å²) in [5.41, 5.74) is 0.436. The molecule has 0 spiro atoms. The molecule has 1 heterocycles. The van der Waals surface area contributed by atoms with Crippen LogP contribution in [0, 0.1) is 5.82 Å². The zero-order valence-electron chi connectivity index (χ0n) is 11.5. The minimum Gasteiger partial charge on any atom is -0.373 e. The van der Waals surface area contributed by atoms with Crippen molar-refractivity contribution in [1.29, 1.82) is 0 Å². The molecule has 0 amide bonds. The molecule has 4 heteroatoms. The van der Waals surface area contributed by atoms with E-state index >= 15 is 0 Å². The number of halogens is 1. The molecule has 0 saturated carbocycles. The van der Waals surface area contributed by atoms with Crippen LogP contribution in [-0.4, -0.2) is 42.5 Å². The number of hydrogen-bond acceptors (Lipinski definition) is 3. The highest BCUT2D eigenvalue weighted by molar-refractivity contribution is 5.96. The van der Waals surface area contributed by atoms with Crippen molar-refractivity contribution in [3.63, 3.8) is 0 Å². The van der Waals surface area contributed by atoms with Crippen LogP contribution in [0.1, 0.15) is 30.6 Å². The summed E-state index contributed by atoms with van der Waals surface area (Å²) in [4.78, 5) is 14.2. The van der Waals surface area contributed by atoms with Crippen molar-refractivity contribution < 1.29 is 13.9 Å². The fraction of sp³-hybridized carbons (Fsp3) is 0.533. The van der Waals surface area contributed by atoms with E-state index in [9.17, 15) is 9.18 Å². The van der Waals surface area contributed by atoms with Gasteiger partial charge in [0, 0.05) is 31.6 Å². The van der Waals surface area contributed by atoms with Crippen molar-refractivity contribution in [3.8, 4) is 0 Å². The zero-order chi connectivity index (χ0) is 13.9. The third-order valence-corrected chi connectivity index (χ3v) is 3.33. The first-order chi connectivity index (χ1) is 8.96. The molecule has 104 valence electrons. The van der Waals surface area contributed by atoms with Crippen LogP contribution < -0.4 is 0 Å². The molecule has 1 aliphatic heterocycles. The van der Waals surface area contributed by atoms with Crippen LogP contribution in [-0.2, 0) is 4.74 Å². The van der Waals surface area contributed by atoms with Crippen molar-refractivity contribution >= 4 is 5.78 Å². The smallest absolute Gasteiger partial charge is 0.164 e. The summed E-state index contributed by atoms with van der Waals surface area (Å²) >= 11 is 0. The van der Waals surface area contributed by atoms with Gasteiger partial charge in [0.2, 0.25) is 0 Å². The van der Waals surface area contributed by atoms with Crippen LogP contribution in [0.15, 0.2) is 24.3 Å². The van der Waals surface area contributed by atoms with E-state index in [0.29, 0.717) is 18.6 Å². The number of hydrogen-bond donors (Lipinski definition) is 0. The fourth-order valence-electron chi connectivity index (χ4n) is 2.34. The molecule has 0 N–H and O–H groups in total. The summed E-state index contributed by atoms with van der Waals surface area (Å²) in [6.45, 7) is 7.24. The monoisotopic (exact) mass is 265 g/mol. The van der Waals surface area contributed by atoms with Gasteiger partial charge in [0.1, 0.15) is 5.82 Å². The van der Waals surface area contributed by atoms with Crippen LogP contribution in [0.2, 0.25) is 0 Å². The predicted molar refractivity (Wildman–Crippen MR) is 71.8 cm³/mol. The Kier molecular flexibility index (Phi) is 4.32. The summed E-state index contributed by atoms with van der Waals surface area (Å²) in [5, 5.41) is 0. The highest BCUT2D eigenvalue weighted by Crippen LogP contribution is 2.17. The highest BCUT2D eigenvalue weighted by Gasteiger charge is 2.27. The number of benzene rings is 1. The lowest BCUT2D eigenvalue weighted by Crippen LogP contribution is -2.48. The van der Waals surface area contributed by atoms with Crippen molar-refractivity contribution in [1.82, 2.24) is 4.90 Å². The first kappa shape index (κ1) is 14.2. The molecule has 0 bridgehead atoms. The summed E-state index contributed by atoms with van der Waals surface area (Å²) < 4.78 is 18.4. The van der Waals surface area contributed by atoms with Gasteiger partial charge in [-0.15, -0.1) is 0 Å². The average molecular weight is 265 g/mol. The first-order valence-corrected chi connectivity index (χ1v) is 6.61. The van der Waals surface area contributed by atoms with Gasteiger partial charge in [0.25, 0.3) is 0 Å². The van der Waals surface area contributed by atoms with Crippen molar-refractivity contribution in [2.75, 3.05) is 26.2 Å². The van der Waals surface area contributed by atoms with Crippen LogP contribution in [0.4, 0.5) is 4.39 Å². The Labute approximate surface area is 113 Å². The standard InChI is InChI=1S/C15H20FNO2/c1-15(2)11-17(9-10-19-15)8-7-14(18)12-3-5-13(16)6-4-12/h3-6H,7-11H2,1-2H3. The van der Waals surface area contributed by atoms with Gasteiger partial charge < -0.3 is 4.74 Å². The first-order valence-electron chi connectivity index (χ1n) is 6.61. The normalized spacial score (nSPS) is 19.3. The van der Waals surface area contributed by atoms with Gasteiger partial charge >= 0.3 is 0 Å². The third-order valence-electron chi connectivity index (χ3n) is 3.33. The maximum atomic E-state index is 12.8. The minimum atomic E-state index is -0.313. The molecule has 1 fully saturated rings. The number of nitrogens with zero attached hydrogens (tertiary/aromatic N) is 1. The van der Waals surface area contributed by atoms with Crippen molar-refractivity contribution in [3.05, 3.63) is 35.6 Å². The molecule has 0 radical (unpaired) electrons. The van der Waals surface area contributed by atoms with Gasteiger partial charge in [0.15, 0.2) is 5.78 Å². The Balaban J connectivity index is 1.85. The number of morpholine rings is 1. The number of carbonyl (C=O) groups is 1. The average Bonchev–Trinajstić information content (AvgIpc) is 2.36. The summed E-state index contributed by atoms with van der Waals surface area (Å²) in [7, 11) is 0. The maximum Gasteiger partial charge on any atom is 0.164 e. The predicted octanol–water partition coefficient (Wildman–Crippen LogP) is 2.51. The van der Waals surface area contributed by atoms with Crippen molar-refractivity contribution in [2.24, 2.45) is 0 Å². The molecule has 1 aliphatic rings. The lowest BCUT2D eigenvalue weighted by Gasteiger charge is -2.38. The molecule has 1 aromatic rings. The van der Waals surface area contributed by atoms with E-state index in [0.717, 1.165) is 19.6 Å². The molecule has 0 atom stereocenters. The number of ketones is 1. The van der Waals surface area contributed by atoms with Gasteiger partial charge in [-0.3, -0.25) is 9.69 Å². The van der Waals surface area contributed by atoms with Gasteiger partial charge in [-0.25, -0.2) is 4.39 Å². The van der Waals surface area contributed by atoms with Crippen LogP contribution >= 0.6 is 0 Å². The second kappa shape index (κ2) is 5.80. The quantitative estimate of drug-likeness (QED) is 0.783. The largest absolute Gasteiger partial charge is 0.373 e. The van der Waals surface area contributed by atoms with Gasteiger partial charge in [-0.1, -0.05) is 0 Å². The van der Waals surface area contributed by atoms with Crippen molar-refractivity contribution in [2.45, 2.75) is 25.9 Å². The molecular weight excluding hydrogens is 245 g/mol. The Hall–Kier alpha value is -1.26. The van der Waals surface area contributed by atoms with Gasteiger partial charge in [-0.2, -0.15) is 0 Å². The van der Waals surface area contributed by atoms with E-state index in [-0.39, 0.29) is 17.2 Å². The number of ether oxygens (including phenoxy) is 1. The Morgan fingerprint density at radius 1 is 1.37 bits per heavy atom. The SMILES string of the molecule is CC1(C)CN(CCC(=O)c2ccc(F)cc2)CCO1. The third kappa shape index (κ3) is 4.11. The molecule has 1 aromatic carbocycles. The van der Waals surface area contributed by atoms with Crippen LogP contribution in [0.25, 0.3) is 0 Å². The second-order valence-electron chi connectivity index (χ2n) is 5.56. The lowest BCUT2D eigenvalue weighted by atomic mass is 10.1. The molecule has 19 heavy (non-hydrogen) atoms. The van der Waals surface area contributed by atoms with Gasteiger partial charge in [0.05, 0.1) is 12.2 Å². The molecule has 1 saturated heterocycles. The fourth-order valence-corrected chi connectivity index (χ4v) is 2.34. The van der Waals surface area contributed by atoms with E-state index < -0.39 is 0 Å². The lowest BCUT2D eigenvalue weighted by molar-refractivity contribution is -0.0855. The van der Waals surface area contributed by atoms with E-state index in [4.69, 9.17) is 4.74 Å². The number of rotatable bonds is 4. The summed E-state index contributed by atoms with van der Waals surface area (Å²) in [5.74, 6) is -0.254. The zero-order valence-corrected chi connectivity index (χ0v) is 11.5.